The lowest BCUT2D eigenvalue weighted by Crippen LogP contribution is -2.46. The second kappa shape index (κ2) is 15.8. The number of ether oxygens (including phenoxy) is 1. The maximum atomic E-state index is 14.0. The molecule has 0 radical (unpaired) electrons. The van der Waals surface area contributed by atoms with Gasteiger partial charge >= 0.3 is 5.69 Å². The van der Waals surface area contributed by atoms with Crippen molar-refractivity contribution in [2.75, 3.05) is 20.2 Å². The number of thiophene rings is 1. The van der Waals surface area contributed by atoms with Crippen LogP contribution in [0.15, 0.2) is 40.2 Å². The maximum absolute atomic E-state index is 14.0. The molecular formula is C28H36FIN6O5S2. The number of nitrogens with zero attached hydrogens (tertiary/aromatic N) is 6. The number of methoxy groups -OCH3 is 1. The standard InChI is InChI=1S/C25H27FN6O4S.C3H8O.HIS/c1-15-20-22(34)31(16(2)21(33)29-11-4-5-12-29)25(35)30(24(20)37-23(15)32-27-9-10-28-32)13-8-17-14-18(26)6-7-19(17)36-3;1-3(2)4;1-2/h6-7,9-10,14,16H,4-5,8,11-13H2,1-3H3;3-4H,1-2H3;2H. The molecule has 0 aliphatic carbocycles. The minimum absolute atomic E-state index is 0.145. The lowest BCUT2D eigenvalue weighted by Gasteiger charge is -2.22. The highest BCUT2D eigenvalue weighted by Crippen LogP contribution is 2.31. The van der Waals surface area contributed by atoms with Crippen molar-refractivity contribution >= 4 is 58.5 Å². The zero-order valence-corrected chi connectivity index (χ0v) is 28.5. The number of halogens is 2. The molecule has 1 unspecified atom stereocenters. The number of aromatic nitrogens is 5. The summed E-state index contributed by atoms with van der Waals surface area (Å²) < 4.78 is 21.9. The molecule has 43 heavy (non-hydrogen) atoms. The first-order valence-electron chi connectivity index (χ1n) is 13.7. The first-order chi connectivity index (χ1) is 20.5. The van der Waals surface area contributed by atoms with Gasteiger partial charge < -0.3 is 14.7 Å². The van der Waals surface area contributed by atoms with Crippen LogP contribution in [0, 0.1) is 12.7 Å². The van der Waals surface area contributed by atoms with Gasteiger partial charge in [-0.25, -0.2) is 13.8 Å². The van der Waals surface area contributed by atoms with Gasteiger partial charge in [-0.3, -0.25) is 14.2 Å². The highest BCUT2D eigenvalue weighted by atomic mass is 127. The first-order valence-corrected chi connectivity index (χ1v) is 17.7. The van der Waals surface area contributed by atoms with Crippen molar-refractivity contribution in [3.05, 3.63) is 68.4 Å². The van der Waals surface area contributed by atoms with Crippen molar-refractivity contribution in [2.45, 2.75) is 65.6 Å². The molecule has 1 amide bonds. The lowest BCUT2D eigenvalue weighted by molar-refractivity contribution is -0.133. The third-order valence-corrected chi connectivity index (χ3v) is 8.11. The second-order valence-corrected chi connectivity index (χ2v) is 11.1. The van der Waals surface area contributed by atoms with Crippen LogP contribution in [0.5, 0.6) is 5.75 Å². The Balaban J connectivity index is 0.000000780. The van der Waals surface area contributed by atoms with E-state index in [0.29, 0.717) is 45.2 Å². The number of amides is 1. The number of carbonyl (C=O) groups excluding carboxylic acids is 1. The summed E-state index contributed by atoms with van der Waals surface area (Å²) in [6, 6.07) is 3.25. The van der Waals surface area contributed by atoms with E-state index in [1.165, 1.54) is 58.4 Å². The van der Waals surface area contributed by atoms with E-state index in [1.807, 2.05) is 21.2 Å². The van der Waals surface area contributed by atoms with Gasteiger partial charge in [-0.2, -0.15) is 10.2 Å². The van der Waals surface area contributed by atoms with E-state index in [0.717, 1.165) is 17.4 Å². The molecule has 4 heterocycles. The SMILES string of the molecule is CC(C)O.COc1ccc(F)cc1CCn1c(=O)n(C(C)C(=O)N2CCCC2)c(=O)c2c(C)c(-n3nccn3)sc21.SI. The molecule has 15 heteroatoms. The van der Waals surface area contributed by atoms with Crippen molar-refractivity contribution in [3.63, 3.8) is 0 Å². The Hall–Kier alpha value is -2.76. The van der Waals surface area contributed by atoms with Crippen LogP contribution in [0.3, 0.4) is 0 Å². The van der Waals surface area contributed by atoms with E-state index in [4.69, 9.17) is 9.84 Å². The van der Waals surface area contributed by atoms with Gasteiger partial charge in [-0.15, -0.1) is 14.6 Å². The van der Waals surface area contributed by atoms with E-state index in [-0.39, 0.29) is 25.0 Å². The summed E-state index contributed by atoms with van der Waals surface area (Å²) in [4.78, 5) is 44.4. The van der Waals surface area contributed by atoms with Gasteiger partial charge in [0.25, 0.3) is 5.56 Å². The van der Waals surface area contributed by atoms with Crippen LogP contribution < -0.4 is 16.0 Å². The smallest absolute Gasteiger partial charge is 0.332 e. The van der Waals surface area contributed by atoms with Crippen LogP contribution in [0.4, 0.5) is 4.39 Å². The van der Waals surface area contributed by atoms with Gasteiger partial charge in [0.1, 0.15) is 27.4 Å². The minimum atomic E-state index is -0.969. The normalized spacial score (nSPS) is 13.4. The van der Waals surface area contributed by atoms with Gasteiger partial charge in [-0.1, -0.05) is 11.3 Å². The highest BCUT2D eigenvalue weighted by molar-refractivity contribution is 14.2. The molecule has 11 nitrogen and oxygen atoms in total. The Morgan fingerprint density at radius 2 is 1.77 bits per heavy atom. The highest BCUT2D eigenvalue weighted by Gasteiger charge is 2.30. The van der Waals surface area contributed by atoms with Gasteiger partial charge in [-0.05, 0) is 91.9 Å². The van der Waals surface area contributed by atoms with Crippen LogP contribution >= 0.6 is 42.3 Å². The van der Waals surface area contributed by atoms with Gasteiger partial charge in [0.15, 0.2) is 0 Å². The predicted molar refractivity (Wildman–Crippen MR) is 178 cm³/mol. The monoisotopic (exact) mass is 746 g/mol. The minimum Gasteiger partial charge on any atom is -0.496 e. The molecule has 4 aromatic rings. The third kappa shape index (κ3) is 7.85. The Labute approximate surface area is 270 Å². The fourth-order valence-corrected chi connectivity index (χ4v) is 6.13. The van der Waals surface area contributed by atoms with Crippen molar-refractivity contribution in [1.82, 2.24) is 29.0 Å². The number of hydrogen-bond acceptors (Lipinski definition) is 9. The number of aliphatic hydroxyl groups excluding tert-OH is 1. The van der Waals surface area contributed by atoms with Crippen LogP contribution in [-0.2, 0) is 17.8 Å². The number of benzene rings is 1. The molecule has 1 aromatic carbocycles. The summed E-state index contributed by atoms with van der Waals surface area (Å²) >= 11 is 3.07. The lowest BCUT2D eigenvalue weighted by atomic mass is 10.1. The Bertz CT molecular complexity index is 1650. The zero-order valence-electron chi connectivity index (χ0n) is 24.7. The fourth-order valence-electron chi connectivity index (χ4n) is 4.89. The Kier molecular flexibility index (Phi) is 12.8. The van der Waals surface area contributed by atoms with E-state index < -0.39 is 23.1 Å². The average molecular weight is 747 g/mol. The van der Waals surface area contributed by atoms with Gasteiger partial charge in [0.05, 0.1) is 24.9 Å². The van der Waals surface area contributed by atoms with Crippen molar-refractivity contribution in [3.8, 4) is 10.8 Å². The molecule has 1 atom stereocenters. The number of thiol groups is 1. The van der Waals surface area contributed by atoms with Crippen LogP contribution in [0.25, 0.3) is 15.2 Å². The Morgan fingerprint density at radius 1 is 1.16 bits per heavy atom. The molecular weight excluding hydrogens is 710 g/mol. The molecule has 3 aromatic heterocycles. The van der Waals surface area contributed by atoms with Crippen molar-refractivity contribution in [1.29, 1.82) is 0 Å². The number of aliphatic hydroxyl groups is 1. The molecule has 0 bridgehead atoms. The second-order valence-electron chi connectivity index (χ2n) is 10.1. The average Bonchev–Trinajstić information content (AvgIpc) is 3.76. The first kappa shape index (κ1) is 34.7. The Morgan fingerprint density at radius 3 is 2.35 bits per heavy atom. The number of likely N-dealkylation sites (tertiary alicyclic amines) is 1. The topological polar surface area (TPSA) is 124 Å². The van der Waals surface area contributed by atoms with Crippen LogP contribution in [0.1, 0.15) is 50.8 Å². The summed E-state index contributed by atoms with van der Waals surface area (Å²) in [5, 5.41) is 17.4. The summed E-state index contributed by atoms with van der Waals surface area (Å²) in [5.74, 6) is -0.168. The van der Waals surface area contributed by atoms with Crippen molar-refractivity contribution < 1.29 is 19.0 Å². The number of rotatable bonds is 7. The number of hydrogen-bond donors (Lipinski definition) is 2. The number of aryl methyl sites for hydroxylation is 3. The van der Waals surface area contributed by atoms with E-state index in [2.05, 4.69) is 20.0 Å². The number of fused-ring (bicyclic) bond motifs is 1. The van der Waals surface area contributed by atoms with E-state index >= 15 is 0 Å². The predicted octanol–water partition coefficient (Wildman–Crippen LogP) is 4.34. The van der Waals surface area contributed by atoms with Crippen LogP contribution in [-0.4, -0.2) is 66.3 Å². The van der Waals surface area contributed by atoms with Crippen LogP contribution in [0.2, 0.25) is 0 Å². The third-order valence-electron chi connectivity index (χ3n) is 6.83. The largest absolute Gasteiger partial charge is 0.496 e. The molecule has 1 fully saturated rings. The molecule has 5 rings (SSSR count). The molecule has 234 valence electrons. The fraction of sp³-hybridized carbons (Fsp3) is 0.464. The summed E-state index contributed by atoms with van der Waals surface area (Å²) in [6.45, 7) is 8.18. The van der Waals surface area contributed by atoms with Crippen molar-refractivity contribution in [2.24, 2.45) is 0 Å². The quantitative estimate of drug-likeness (QED) is 0.213. The molecule has 1 saturated heterocycles. The summed E-state index contributed by atoms with van der Waals surface area (Å²) in [5.41, 5.74) is 0.0949. The van der Waals surface area contributed by atoms with Gasteiger partial charge in [0, 0.05) is 31.3 Å². The molecule has 1 aliphatic rings. The van der Waals surface area contributed by atoms with E-state index in [9.17, 15) is 18.8 Å². The van der Waals surface area contributed by atoms with E-state index in [1.54, 1.807) is 32.6 Å². The summed E-state index contributed by atoms with van der Waals surface area (Å²) in [6.07, 6.45) is 4.96. The molecule has 1 aliphatic heterocycles. The molecule has 0 saturated carbocycles. The molecule has 1 N–H and O–H groups in total. The maximum Gasteiger partial charge on any atom is 0.332 e. The zero-order chi connectivity index (χ0) is 31.8. The summed E-state index contributed by atoms with van der Waals surface area (Å²) in [7, 11) is 5.00. The van der Waals surface area contributed by atoms with Gasteiger partial charge in [0.2, 0.25) is 5.91 Å². The molecule has 0 spiro atoms. The number of carbonyl (C=O) groups is 1.